The summed E-state index contributed by atoms with van der Waals surface area (Å²) in [6, 6.07) is 7.47. The average Bonchev–Trinajstić information content (AvgIpc) is 3.35. The predicted octanol–water partition coefficient (Wildman–Crippen LogP) is 4.06. The lowest BCUT2D eigenvalue weighted by Gasteiger charge is -2.30. The molecule has 30 heavy (non-hydrogen) atoms. The molecule has 1 fully saturated rings. The molecule has 0 saturated carbocycles. The van der Waals surface area contributed by atoms with Gasteiger partial charge in [-0.3, -0.25) is 9.59 Å². The second-order valence-corrected chi connectivity index (χ2v) is 8.69. The number of ether oxygens (including phenoxy) is 1. The fourth-order valence-corrected chi connectivity index (χ4v) is 4.74. The van der Waals surface area contributed by atoms with Gasteiger partial charge in [0.25, 0.3) is 0 Å². The van der Waals surface area contributed by atoms with Gasteiger partial charge in [-0.25, -0.2) is 4.98 Å². The van der Waals surface area contributed by atoms with Crippen LogP contribution in [0.2, 0.25) is 0 Å². The van der Waals surface area contributed by atoms with Crippen LogP contribution in [0.3, 0.4) is 0 Å². The predicted molar refractivity (Wildman–Crippen MR) is 118 cm³/mol. The molecule has 7 heteroatoms. The number of aryl methyl sites for hydroxylation is 1. The number of benzene rings is 1. The van der Waals surface area contributed by atoms with Crippen molar-refractivity contribution in [2.45, 2.75) is 52.1 Å². The highest BCUT2D eigenvalue weighted by Gasteiger charge is 2.45. The second-order valence-electron chi connectivity index (χ2n) is 7.75. The van der Waals surface area contributed by atoms with Crippen LogP contribution in [-0.4, -0.2) is 47.3 Å². The molecule has 1 aromatic carbocycles. The highest BCUT2D eigenvalue weighted by molar-refractivity contribution is 7.09. The minimum absolute atomic E-state index is 0.00536. The van der Waals surface area contributed by atoms with Gasteiger partial charge in [0, 0.05) is 25.4 Å². The zero-order chi connectivity index (χ0) is 21.7. The lowest BCUT2D eigenvalue weighted by molar-refractivity contribution is -0.135. The monoisotopic (exact) mass is 429 g/mol. The first kappa shape index (κ1) is 22.3. The van der Waals surface area contributed by atoms with E-state index in [1.165, 1.54) is 0 Å². The van der Waals surface area contributed by atoms with E-state index in [1.54, 1.807) is 30.4 Å². The van der Waals surface area contributed by atoms with E-state index < -0.39 is 5.92 Å². The first-order chi connectivity index (χ1) is 14.5. The van der Waals surface area contributed by atoms with Crippen LogP contribution >= 0.6 is 11.3 Å². The Morgan fingerprint density at radius 3 is 2.63 bits per heavy atom. The smallest absolute Gasteiger partial charge is 0.228 e. The fraction of sp³-hybridized carbons (Fsp3) is 0.522. The summed E-state index contributed by atoms with van der Waals surface area (Å²) in [5, 5.41) is 3.08. The van der Waals surface area contributed by atoms with Crippen LogP contribution in [0.15, 0.2) is 29.6 Å². The molecule has 2 aromatic rings. The molecule has 1 aliphatic rings. The van der Waals surface area contributed by atoms with Crippen LogP contribution in [0.25, 0.3) is 0 Å². The highest BCUT2D eigenvalue weighted by atomic mass is 32.1. The van der Waals surface area contributed by atoms with E-state index in [0.717, 1.165) is 41.3 Å². The second kappa shape index (κ2) is 10.1. The Morgan fingerprint density at radius 1 is 1.30 bits per heavy atom. The van der Waals surface area contributed by atoms with Gasteiger partial charge in [-0.1, -0.05) is 32.4 Å². The zero-order valence-corrected chi connectivity index (χ0v) is 19.1. The first-order valence-electron chi connectivity index (χ1n) is 10.6. The Hall–Kier alpha value is -2.41. The van der Waals surface area contributed by atoms with Crippen molar-refractivity contribution in [3.05, 3.63) is 45.9 Å². The summed E-state index contributed by atoms with van der Waals surface area (Å²) in [6.07, 6.45) is 3.07. The number of likely N-dealkylation sites (tertiary alicyclic amines) is 1. The maximum atomic E-state index is 13.4. The van der Waals surface area contributed by atoms with Crippen molar-refractivity contribution in [2.75, 3.05) is 20.7 Å². The molecular formula is C23H31N3O3S. The van der Waals surface area contributed by atoms with Crippen LogP contribution in [0.1, 0.15) is 55.4 Å². The Balaban J connectivity index is 1.83. The van der Waals surface area contributed by atoms with E-state index in [1.807, 2.05) is 34.5 Å². The maximum absolute atomic E-state index is 13.4. The average molecular weight is 430 g/mol. The molecule has 0 radical (unpaired) electrons. The number of amides is 2. The van der Waals surface area contributed by atoms with E-state index in [9.17, 15) is 9.59 Å². The largest absolute Gasteiger partial charge is 0.497 e. The van der Waals surface area contributed by atoms with Gasteiger partial charge in [0.2, 0.25) is 11.8 Å². The Kier molecular flexibility index (Phi) is 7.48. The van der Waals surface area contributed by atoms with Gasteiger partial charge in [0.1, 0.15) is 5.75 Å². The molecule has 0 N–H and O–H groups in total. The number of methoxy groups -OCH3 is 1. The quantitative estimate of drug-likeness (QED) is 0.603. The molecule has 162 valence electrons. The van der Waals surface area contributed by atoms with Crippen LogP contribution in [0, 0.1) is 5.92 Å². The number of hydrogen-bond donors (Lipinski definition) is 0. The van der Waals surface area contributed by atoms with Gasteiger partial charge >= 0.3 is 0 Å². The number of unbranched alkanes of at least 4 members (excludes halogenated alkanes) is 1. The van der Waals surface area contributed by atoms with Crippen molar-refractivity contribution < 1.29 is 14.3 Å². The third-order valence-electron chi connectivity index (χ3n) is 5.64. The van der Waals surface area contributed by atoms with Crippen molar-refractivity contribution in [1.82, 2.24) is 14.8 Å². The third kappa shape index (κ3) is 4.83. The van der Waals surface area contributed by atoms with Crippen LogP contribution in [0.4, 0.5) is 0 Å². The molecule has 0 bridgehead atoms. The van der Waals surface area contributed by atoms with Crippen LogP contribution in [0.5, 0.6) is 5.75 Å². The molecule has 3 rings (SSSR count). The SMILES string of the molecule is CCCCN1C(=O)C[C@H](C(=O)N(C)Cc2csc(CC)n2)[C@@H]1c1ccc(OC)cc1. The molecule has 0 spiro atoms. The minimum atomic E-state index is -0.392. The number of hydrogen-bond acceptors (Lipinski definition) is 5. The molecule has 1 aliphatic heterocycles. The van der Waals surface area contributed by atoms with Crippen molar-refractivity contribution in [3.8, 4) is 5.75 Å². The molecular weight excluding hydrogens is 398 g/mol. The van der Waals surface area contributed by atoms with E-state index in [4.69, 9.17) is 4.74 Å². The normalized spacial score (nSPS) is 18.7. The standard InChI is InChI=1S/C23H31N3O3S/c1-5-7-12-26-21(27)13-19(22(26)16-8-10-18(29-4)11-9-16)23(28)25(3)14-17-15-30-20(6-2)24-17/h8-11,15,19,22H,5-7,12-14H2,1-4H3/t19-,22-/m0/s1. The molecule has 0 aliphatic carbocycles. The van der Waals surface area contributed by atoms with Crippen molar-refractivity contribution in [3.63, 3.8) is 0 Å². The van der Waals surface area contributed by atoms with Gasteiger partial charge in [-0.15, -0.1) is 11.3 Å². The van der Waals surface area contributed by atoms with E-state index >= 15 is 0 Å². The van der Waals surface area contributed by atoms with Crippen molar-refractivity contribution in [2.24, 2.45) is 5.92 Å². The number of aromatic nitrogens is 1. The Morgan fingerprint density at radius 2 is 2.03 bits per heavy atom. The summed E-state index contributed by atoms with van der Waals surface area (Å²) in [5.41, 5.74) is 1.88. The number of rotatable bonds is 9. The van der Waals surface area contributed by atoms with E-state index in [2.05, 4.69) is 18.8 Å². The van der Waals surface area contributed by atoms with Crippen molar-refractivity contribution in [1.29, 1.82) is 0 Å². The van der Waals surface area contributed by atoms with Crippen LogP contribution < -0.4 is 4.74 Å². The topological polar surface area (TPSA) is 62.7 Å². The van der Waals surface area contributed by atoms with Gasteiger partial charge in [-0.2, -0.15) is 0 Å². The molecule has 6 nitrogen and oxygen atoms in total. The van der Waals surface area contributed by atoms with E-state index in [0.29, 0.717) is 13.1 Å². The molecule has 2 atom stereocenters. The number of nitrogens with zero attached hydrogens (tertiary/aromatic N) is 3. The third-order valence-corrected chi connectivity index (χ3v) is 6.68. The Labute approximate surface area is 182 Å². The molecule has 2 heterocycles. The molecule has 1 aromatic heterocycles. The number of thiazole rings is 1. The van der Waals surface area contributed by atoms with Gasteiger partial charge < -0.3 is 14.5 Å². The minimum Gasteiger partial charge on any atom is -0.497 e. The zero-order valence-electron chi connectivity index (χ0n) is 18.3. The number of carbonyl (C=O) groups is 2. The van der Waals surface area contributed by atoms with Gasteiger partial charge in [0.15, 0.2) is 0 Å². The summed E-state index contributed by atoms with van der Waals surface area (Å²) < 4.78 is 5.27. The summed E-state index contributed by atoms with van der Waals surface area (Å²) in [6.45, 7) is 5.32. The first-order valence-corrected chi connectivity index (χ1v) is 11.5. The van der Waals surface area contributed by atoms with Gasteiger partial charge in [-0.05, 0) is 30.5 Å². The summed E-state index contributed by atoms with van der Waals surface area (Å²) >= 11 is 1.62. The van der Waals surface area contributed by atoms with E-state index in [-0.39, 0.29) is 24.3 Å². The fourth-order valence-electron chi connectivity index (χ4n) is 4.01. The van der Waals surface area contributed by atoms with Crippen LogP contribution in [-0.2, 0) is 22.6 Å². The molecule has 2 amide bonds. The van der Waals surface area contributed by atoms with Gasteiger partial charge in [0.05, 0.1) is 36.3 Å². The summed E-state index contributed by atoms with van der Waals surface area (Å²) in [7, 11) is 3.43. The number of carbonyl (C=O) groups excluding carboxylic acids is 2. The lowest BCUT2D eigenvalue weighted by atomic mass is 9.92. The molecule has 1 saturated heterocycles. The lowest BCUT2D eigenvalue weighted by Crippen LogP contribution is -2.37. The Bertz CT molecular complexity index is 865. The maximum Gasteiger partial charge on any atom is 0.228 e. The molecule has 0 unspecified atom stereocenters. The summed E-state index contributed by atoms with van der Waals surface area (Å²) in [5.74, 6) is 0.419. The summed E-state index contributed by atoms with van der Waals surface area (Å²) in [4.78, 5) is 34.4. The van der Waals surface area contributed by atoms with Crippen molar-refractivity contribution >= 4 is 23.2 Å². The highest BCUT2D eigenvalue weighted by Crippen LogP contribution is 2.40.